The Morgan fingerprint density at radius 3 is 2.67 bits per heavy atom. The van der Waals surface area contributed by atoms with Crippen molar-refractivity contribution in [2.45, 2.75) is 63.8 Å². The summed E-state index contributed by atoms with van der Waals surface area (Å²) < 4.78 is 1.02. The number of nitrogens with zero attached hydrogens (tertiary/aromatic N) is 4. The predicted molar refractivity (Wildman–Crippen MR) is 128 cm³/mol. The van der Waals surface area contributed by atoms with Gasteiger partial charge in [-0.25, -0.2) is 9.97 Å². The zero-order chi connectivity index (χ0) is 23.1. The number of hydrogen-bond acceptors (Lipinski definition) is 10. The maximum absolute atomic E-state index is 10.6. The van der Waals surface area contributed by atoms with E-state index < -0.39 is 18.2 Å². The van der Waals surface area contributed by atoms with Gasteiger partial charge in [0.25, 0.3) is 0 Å². The summed E-state index contributed by atoms with van der Waals surface area (Å²) in [6, 6.07) is 1.75. The van der Waals surface area contributed by atoms with Crippen LogP contribution in [-0.4, -0.2) is 66.2 Å². The summed E-state index contributed by atoms with van der Waals surface area (Å²) >= 11 is 1.54. The molecule has 2 saturated carbocycles. The number of aliphatic hydroxyl groups is 3. The normalized spacial score (nSPS) is 26.3. The number of aromatic nitrogens is 4. The summed E-state index contributed by atoms with van der Waals surface area (Å²) in [5.74, 6) is 1.34. The molecule has 5 rings (SSSR count). The summed E-state index contributed by atoms with van der Waals surface area (Å²) in [5, 5.41) is 38.0. The van der Waals surface area contributed by atoms with E-state index in [9.17, 15) is 15.3 Å². The fraction of sp³-hybridized carbons (Fsp3) is 0.565. The Morgan fingerprint density at radius 2 is 2.00 bits per heavy atom. The molecule has 0 aromatic carbocycles. The summed E-state index contributed by atoms with van der Waals surface area (Å²) in [6.07, 6.45) is 5.62. The number of anilines is 2. The fourth-order valence-electron chi connectivity index (χ4n) is 4.77. The number of thiazole rings is 1. The van der Waals surface area contributed by atoms with Gasteiger partial charge in [-0.3, -0.25) is 4.98 Å². The fourth-order valence-corrected chi connectivity index (χ4v) is 5.80. The van der Waals surface area contributed by atoms with E-state index in [2.05, 4.69) is 22.5 Å². The number of nitrogens with one attached hydrogen (secondary N) is 2. The highest BCUT2D eigenvalue weighted by atomic mass is 32.1. The SMILES string of the molecule is Cc1nc(N[C@H](C)C2CCC2)nc(N[C@@H]2C[C@H](CO)[C@@H](O)[C@H]2O)c1-c1nc2cnccc2s1. The molecule has 0 aliphatic heterocycles. The van der Waals surface area contributed by atoms with E-state index in [4.69, 9.17) is 15.0 Å². The lowest BCUT2D eigenvalue weighted by molar-refractivity contribution is 0.00446. The van der Waals surface area contributed by atoms with Gasteiger partial charge >= 0.3 is 0 Å². The first-order valence-electron chi connectivity index (χ1n) is 11.5. The van der Waals surface area contributed by atoms with E-state index in [1.54, 1.807) is 12.4 Å². The molecule has 2 fully saturated rings. The molecule has 0 saturated heterocycles. The topological polar surface area (TPSA) is 136 Å². The van der Waals surface area contributed by atoms with Gasteiger partial charge in [-0.05, 0) is 45.1 Å². The largest absolute Gasteiger partial charge is 0.396 e. The van der Waals surface area contributed by atoms with E-state index in [-0.39, 0.29) is 18.6 Å². The third-order valence-corrected chi connectivity index (χ3v) is 8.12. The lowest BCUT2D eigenvalue weighted by Gasteiger charge is -2.32. The van der Waals surface area contributed by atoms with Gasteiger partial charge in [-0.1, -0.05) is 6.42 Å². The van der Waals surface area contributed by atoms with Gasteiger partial charge in [-0.15, -0.1) is 11.3 Å². The zero-order valence-electron chi connectivity index (χ0n) is 18.8. The number of rotatable bonds is 7. The molecular weight excluding hydrogens is 440 g/mol. The number of aliphatic hydroxyl groups excluding tert-OH is 3. The van der Waals surface area contributed by atoms with Crippen LogP contribution in [0.4, 0.5) is 11.8 Å². The zero-order valence-corrected chi connectivity index (χ0v) is 19.6. The first kappa shape index (κ1) is 22.4. The van der Waals surface area contributed by atoms with Crippen LogP contribution in [0.15, 0.2) is 18.5 Å². The van der Waals surface area contributed by atoms with Gasteiger partial charge in [0.05, 0.1) is 34.3 Å². The Kier molecular flexibility index (Phi) is 6.17. The van der Waals surface area contributed by atoms with E-state index in [0.29, 0.717) is 24.1 Å². The van der Waals surface area contributed by atoms with Crippen LogP contribution in [0.25, 0.3) is 20.8 Å². The minimum Gasteiger partial charge on any atom is -0.396 e. The molecule has 10 heteroatoms. The number of aryl methyl sites for hydroxylation is 1. The quantitative estimate of drug-likeness (QED) is 0.353. The smallest absolute Gasteiger partial charge is 0.225 e. The van der Waals surface area contributed by atoms with E-state index in [1.807, 2.05) is 13.0 Å². The van der Waals surface area contributed by atoms with Crippen molar-refractivity contribution in [3.8, 4) is 10.6 Å². The van der Waals surface area contributed by atoms with Crippen molar-refractivity contribution in [3.63, 3.8) is 0 Å². The maximum atomic E-state index is 10.6. The summed E-state index contributed by atoms with van der Waals surface area (Å²) in [7, 11) is 0. The second-order valence-corrected chi connectivity index (χ2v) is 10.3. The molecule has 176 valence electrons. The summed E-state index contributed by atoms with van der Waals surface area (Å²) in [6.45, 7) is 3.91. The van der Waals surface area contributed by atoms with Gasteiger partial charge in [0.2, 0.25) is 5.95 Å². The van der Waals surface area contributed by atoms with Crippen LogP contribution in [0.5, 0.6) is 0 Å². The second kappa shape index (κ2) is 9.09. The first-order chi connectivity index (χ1) is 15.9. The van der Waals surface area contributed by atoms with Crippen LogP contribution in [0.2, 0.25) is 0 Å². The molecule has 3 aromatic rings. The van der Waals surface area contributed by atoms with Crippen LogP contribution in [0, 0.1) is 18.8 Å². The third-order valence-electron chi connectivity index (χ3n) is 7.07. The molecule has 5 atom stereocenters. The van der Waals surface area contributed by atoms with Crippen molar-refractivity contribution < 1.29 is 15.3 Å². The molecule has 0 spiro atoms. The van der Waals surface area contributed by atoms with E-state index >= 15 is 0 Å². The van der Waals surface area contributed by atoms with Crippen LogP contribution < -0.4 is 10.6 Å². The highest BCUT2D eigenvalue weighted by molar-refractivity contribution is 7.21. The molecule has 0 unspecified atom stereocenters. The highest BCUT2D eigenvalue weighted by Crippen LogP contribution is 2.38. The van der Waals surface area contributed by atoms with Crippen molar-refractivity contribution in [3.05, 3.63) is 24.2 Å². The molecule has 0 bridgehead atoms. The molecule has 9 nitrogen and oxygen atoms in total. The van der Waals surface area contributed by atoms with Crippen LogP contribution >= 0.6 is 11.3 Å². The van der Waals surface area contributed by atoms with Gasteiger partial charge in [0.15, 0.2) is 0 Å². The van der Waals surface area contributed by atoms with Crippen molar-refractivity contribution in [2.75, 3.05) is 17.2 Å². The minimum absolute atomic E-state index is 0.178. The molecule has 33 heavy (non-hydrogen) atoms. The van der Waals surface area contributed by atoms with Crippen LogP contribution in [0.3, 0.4) is 0 Å². The molecule has 2 aliphatic carbocycles. The Hall–Kier alpha value is -2.40. The molecule has 2 aliphatic rings. The minimum atomic E-state index is -1.00. The molecule has 5 N–H and O–H groups in total. The number of pyridine rings is 1. The van der Waals surface area contributed by atoms with Gasteiger partial charge in [-0.2, -0.15) is 4.98 Å². The number of fused-ring (bicyclic) bond motifs is 1. The van der Waals surface area contributed by atoms with Gasteiger partial charge in [0.1, 0.15) is 22.4 Å². The lowest BCUT2D eigenvalue weighted by Crippen LogP contribution is -2.36. The van der Waals surface area contributed by atoms with Crippen molar-refractivity contribution >= 4 is 33.3 Å². The Bertz CT molecular complexity index is 1100. The van der Waals surface area contributed by atoms with Crippen LogP contribution in [0.1, 0.15) is 38.3 Å². The van der Waals surface area contributed by atoms with Crippen molar-refractivity contribution in [1.82, 2.24) is 19.9 Å². The highest BCUT2D eigenvalue weighted by Gasteiger charge is 2.41. The Morgan fingerprint density at radius 1 is 1.18 bits per heavy atom. The lowest BCUT2D eigenvalue weighted by atomic mass is 9.80. The second-order valence-electron chi connectivity index (χ2n) is 9.25. The monoisotopic (exact) mass is 470 g/mol. The average Bonchev–Trinajstić information content (AvgIpc) is 3.28. The van der Waals surface area contributed by atoms with Crippen LogP contribution in [-0.2, 0) is 0 Å². The molecule has 0 amide bonds. The summed E-state index contributed by atoms with van der Waals surface area (Å²) in [5.41, 5.74) is 2.35. The van der Waals surface area contributed by atoms with E-state index in [0.717, 1.165) is 26.5 Å². The third kappa shape index (κ3) is 4.28. The van der Waals surface area contributed by atoms with Gasteiger partial charge in [0, 0.05) is 24.8 Å². The predicted octanol–water partition coefficient (Wildman–Crippen LogP) is 2.57. The first-order valence-corrected chi connectivity index (χ1v) is 12.4. The summed E-state index contributed by atoms with van der Waals surface area (Å²) in [4.78, 5) is 18.4. The van der Waals surface area contributed by atoms with Crippen molar-refractivity contribution in [2.24, 2.45) is 11.8 Å². The van der Waals surface area contributed by atoms with E-state index in [1.165, 1.54) is 30.6 Å². The van der Waals surface area contributed by atoms with Crippen molar-refractivity contribution in [1.29, 1.82) is 0 Å². The molecule has 0 radical (unpaired) electrons. The average molecular weight is 471 g/mol. The Labute approximate surface area is 196 Å². The molecular formula is C23H30N6O3S. The maximum Gasteiger partial charge on any atom is 0.225 e. The standard InChI is InChI=1S/C23H30N6O3S/c1-11(13-4-3-5-13)25-23-26-12(2)18(22-28-16-9-24-7-6-17(16)33-22)21(29-23)27-15-8-14(10-30)19(31)20(15)32/h6-7,9,11,13-15,19-20,30-32H,3-5,8,10H2,1-2H3,(H2,25,26,27,29)/t11-,14-,15-,19-,20+/m1/s1. The Balaban J connectivity index is 1.52. The molecule has 3 aromatic heterocycles. The molecule has 3 heterocycles. The number of hydrogen-bond donors (Lipinski definition) is 5. The van der Waals surface area contributed by atoms with Gasteiger partial charge < -0.3 is 26.0 Å².